The first kappa shape index (κ1) is 33.4. The summed E-state index contributed by atoms with van der Waals surface area (Å²) in [6, 6.07) is 9.37. The number of aryl methyl sites for hydroxylation is 1. The number of hydrogen-bond donors (Lipinski definition) is 1. The van der Waals surface area contributed by atoms with Crippen molar-refractivity contribution in [3.8, 4) is 5.75 Å². The Morgan fingerprint density at radius 2 is 1.65 bits per heavy atom. The normalized spacial score (nSPS) is 18.2. The van der Waals surface area contributed by atoms with Gasteiger partial charge in [-0.25, -0.2) is 17.2 Å². The first-order valence-electron chi connectivity index (χ1n) is 15.4. The van der Waals surface area contributed by atoms with Crippen LogP contribution in [-0.4, -0.2) is 55.2 Å². The molecule has 238 valence electrons. The van der Waals surface area contributed by atoms with Gasteiger partial charge in [0.25, 0.3) is 0 Å². The lowest BCUT2D eigenvalue weighted by Crippen LogP contribution is -2.31. The van der Waals surface area contributed by atoms with Crippen molar-refractivity contribution in [2.45, 2.75) is 95.7 Å². The number of fused-ring (bicyclic) bond motifs is 1. The van der Waals surface area contributed by atoms with Crippen molar-refractivity contribution in [1.29, 1.82) is 0 Å². The highest BCUT2D eigenvalue weighted by Crippen LogP contribution is 2.40. The number of nitrogens with zero attached hydrogens (tertiary/aromatic N) is 1. The van der Waals surface area contributed by atoms with Crippen LogP contribution in [0.3, 0.4) is 0 Å². The summed E-state index contributed by atoms with van der Waals surface area (Å²) >= 11 is 0. The van der Waals surface area contributed by atoms with Gasteiger partial charge in [-0.2, -0.15) is 13.2 Å². The lowest BCUT2D eigenvalue weighted by atomic mass is 9.88. The van der Waals surface area contributed by atoms with E-state index in [9.17, 15) is 35.5 Å². The number of alkyl halides is 3. The zero-order valence-electron chi connectivity index (χ0n) is 24.6. The molecule has 0 amide bonds. The van der Waals surface area contributed by atoms with E-state index in [1.165, 1.54) is 12.1 Å². The second-order valence-electron chi connectivity index (χ2n) is 11.9. The molecule has 1 N–H and O–H groups in total. The molecule has 1 aliphatic heterocycles. The molecule has 2 aliphatic rings. The van der Waals surface area contributed by atoms with Gasteiger partial charge >= 0.3 is 6.18 Å². The maximum absolute atomic E-state index is 14.9. The molecule has 1 atom stereocenters. The second-order valence-corrected chi connectivity index (χ2v) is 14.2. The fourth-order valence-electron chi connectivity index (χ4n) is 6.57. The van der Waals surface area contributed by atoms with Gasteiger partial charge in [-0.3, -0.25) is 0 Å². The molecule has 0 bridgehead atoms. The number of allylic oxidation sites excluding steroid dienone is 2. The Hall–Kier alpha value is -2.46. The standard InChI is InChI=1S/C33H42F5NO3S/c34-25-13-15-31(32(35)23-25)30-12-5-8-24-22-27(40)14-16-28(24)29(30)11-3-1-2-4-18-39-19-6-9-26(39)10-7-20-43(41,42)21-17-33(36,37)38/h13-16,22-23,26,40H,1-12,17-21H2/t26-/m0/s1. The first-order chi connectivity index (χ1) is 20.4. The van der Waals surface area contributed by atoms with Gasteiger partial charge in [0.05, 0.1) is 17.9 Å². The highest BCUT2D eigenvalue weighted by Gasteiger charge is 2.30. The first-order valence-corrected chi connectivity index (χ1v) is 17.2. The minimum Gasteiger partial charge on any atom is -0.508 e. The van der Waals surface area contributed by atoms with Crippen LogP contribution in [0, 0.1) is 11.6 Å². The average molecular weight is 628 g/mol. The molecule has 43 heavy (non-hydrogen) atoms. The number of benzene rings is 2. The molecule has 0 saturated carbocycles. The van der Waals surface area contributed by atoms with Crippen LogP contribution in [0.5, 0.6) is 5.75 Å². The van der Waals surface area contributed by atoms with Crippen LogP contribution < -0.4 is 0 Å². The van der Waals surface area contributed by atoms with E-state index in [1.54, 1.807) is 12.1 Å². The summed E-state index contributed by atoms with van der Waals surface area (Å²) in [5.41, 5.74) is 4.46. The smallest absolute Gasteiger partial charge is 0.390 e. The summed E-state index contributed by atoms with van der Waals surface area (Å²) in [7, 11) is -3.70. The minimum atomic E-state index is -4.46. The molecule has 0 spiro atoms. The lowest BCUT2D eigenvalue weighted by Gasteiger charge is -2.24. The zero-order valence-corrected chi connectivity index (χ0v) is 25.4. The largest absolute Gasteiger partial charge is 0.508 e. The van der Waals surface area contributed by atoms with E-state index < -0.39 is 39.8 Å². The van der Waals surface area contributed by atoms with Crippen LogP contribution in [0.25, 0.3) is 11.1 Å². The van der Waals surface area contributed by atoms with Crippen LogP contribution in [0.1, 0.15) is 93.7 Å². The van der Waals surface area contributed by atoms with Gasteiger partial charge in [-0.05, 0) is 124 Å². The third-order valence-electron chi connectivity index (χ3n) is 8.72. The van der Waals surface area contributed by atoms with Crippen molar-refractivity contribution in [2.24, 2.45) is 0 Å². The van der Waals surface area contributed by atoms with E-state index in [4.69, 9.17) is 0 Å². The molecule has 1 saturated heterocycles. The Labute approximate surface area is 251 Å². The number of aromatic hydroxyl groups is 1. The van der Waals surface area contributed by atoms with Crippen LogP contribution in [0.15, 0.2) is 36.4 Å². The van der Waals surface area contributed by atoms with Crippen LogP contribution in [0.2, 0.25) is 0 Å². The molecule has 0 aromatic heterocycles. The van der Waals surface area contributed by atoms with Crippen LogP contribution in [-0.2, 0) is 16.3 Å². The van der Waals surface area contributed by atoms with Gasteiger partial charge in [0.2, 0.25) is 0 Å². The van der Waals surface area contributed by atoms with Crippen molar-refractivity contribution >= 4 is 21.0 Å². The number of hydrogen-bond acceptors (Lipinski definition) is 4. The van der Waals surface area contributed by atoms with Gasteiger partial charge in [0.15, 0.2) is 9.84 Å². The molecular weight excluding hydrogens is 585 g/mol. The third-order valence-corrected chi connectivity index (χ3v) is 10.5. The lowest BCUT2D eigenvalue weighted by molar-refractivity contribution is -0.129. The monoisotopic (exact) mass is 627 g/mol. The molecular formula is C33H42F5NO3S. The Kier molecular flexibility index (Phi) is 11.7. The maximum atomic E-state index is 14.9. The molecule has 4 nitrogen and oxygen atoms in total. The summed E-state index contributed by atoms with van der Waals surface area (Å²) < 4.78 is 89.7. The van der Waals surface area contributed by atoms with E-state index in [-0.39, 0.29) is 17.5 Å². The van der Waals surface area contributed by atoms with E-state index in [1.807, 2.05) is 6.07 Å². The number of rotatable bonds is 14. The fourth-order valence-corrected chi connectivity index (χ4v) is 7.92. The molecule has 4 rings (SSSR count). The predicted octanol–water partition coefficient (Wildman–Crippen LogP) is 8.48. The summed E-state index contributed by atoms with van der Waals surface area (Å²) in [5.74, 6) is -1.99. The fraction of sp³-hybridized carbons (Fsp3) is 0.576. The molecule has 0 unspecified atom stereocenters. The zero-order chi connectivity index (χ0) is 31.0. The predicted molar refractivity (Wildman–Crippen MR) is 160 cm³/mol. The van der Waals surface area contributed by atoms with Gasteiger partial charge in [0.1, 0.15) is 17.4 Å². The second kappa shape index (κ2) is 15.0. The Balaban J connectivity index is 1.28. The Morgan fingerprint density at radius 1 is 0.884 bits per heavy atom. The quantitative estimate of drug-likeness (QED) is 0.169. The maximum Gasteiger partial charge on any atom is 0.390 e. The number of phenolic OH excluding ortho intramolecular Hbond substituents is 1. The number of sulfone groups is 1. The minimum absolute atomic E-state index is 0.199. The summed E-state index contributed by atoms with van der Waals surface area (Å²) in [6.07, 6.45) is 4.21. The van der Waals surface area contributed by atoms with Crippen molar-refractivity contribution < 1.29 is 35.5 Å². The van der Waals surface area contributed by atoms with Crippen molar-refractivity contribution in [2.75, 3.05) is 24.6 Å². The molecule has 10 heteroatoms. The summed E-state index contributed by atoms with van der Waals surface area (Å²) in [5, 5.41) is 10.1. The number of likely N-dealkylation sites (tertiary alicyclic amines) is 1. The average Bonchev–Trinajstić information content (AvgIpc) is 3.30. The van der Waals surface area contributed by atoms with Crippen LogP contribution >= 0.6 is 0 Å². The Morgan fingerprint density at radius 3 is 2.42 bits per heavy atom. The van der Waals surface area contributed by atoms with Gasteiger partial charge in [0, 0.05) is 17.7 Å². The van der Waals surface area contributed by atoms with Crippen LogP contribution in [0.4, 0.5) is 22.0 Å². The highest BCUT2D eigenvalue weighted by atomic mass is 32.2. The number of halogens is 5. The van der Waals surface area contributed by atoms with Gasteiger partial charge < -0.3 is 10.0 Å². The van der Waals surface area contributed by atoms with E-state index in [0.29, 0.717) is 24.8 Å². The highest BCUT2D eigenvalue weighted by molar-refractivity contribution is 7.91. The third kappa shape index (κ3) is 10.0. The number of unbranched alkanes of at least 4 members (excludes halogenated alkanes) is 3. The molecule has 1 fully saturated rings. The van der Waals surface area contributed by atoms with E-state index in [2.05, 4.69) is 4.90 Å². The molecule has 2 aromatic carbocycles. The topological polar surface area (TPSA) is 57.6 Å². The van der Waals surface area contributed by atoms with Crippen molar-refractivity contribution in [1.82, 2.24) is 4.90 Å². The van der Waals surface area contributed by atoms with E-state index >= 15 is 0 Å². The van der Waals surface area contributed by atoms with Gasteiger partial charge in [-0.1, -0.05) is 18.9 Å². The Bertz CT molecular complexity index is 1370. The van der Waals surface area contributed by atoms with E-state index in [0.717, 1.165) is 99.2 Å². The molecule has 1 heterocycles. The summed E-state index contributed by atoms with van der Waals surface area (Å²) in [4.78, 5) is 2.38. The number of phenols is 1. The SMILES string of the molecule is O=S(=O)(CCC[C@@H]1CCCN1CCCCCCC1=C(c2ccc(F)cc2F)CCCc2cc(O)ccc21)CCC(F)(F)F. The molecule has 2 aromatic rings. The summed E-state index contributed by atoms with van der Waals surface area (Å²) in [6.45, 7) is 1.86. The molecule has 0 radical (unpaired) electrons. The van der Waals surface area contributed by atoms with Crippen molar-refractivity contribution in [3.05, 3.63) is 64.7 Å². The van der Waals surface area contributed by atoms with Crippen molar-refractivity contribution in [3.63, 3.8) is 0 Å². The molecule has 1 aliphatic carbocycles. The van der Waals surface area contributed by atoms with Gasteiger partial charge in [-0.15, -0.1) is 0 Å².